The smallest absolute Gasteiger partial charge is 0.338 e. The lowest BCUT2D eigenvalue weighted by Gasteiger charge is -2.20. The lowest BCUT2D eigenvalue weighted by molar-refractivity contribution is 0.0511. The Morgan fingerprint density at radius 3 is 0.419 bits per heavy atom. The number of rotatable bonds is 16. The van der Waals surface area contributed by atoms with Gasteiger partial charge >= 0.3 is 47.8 Å². The van der Waals surface area contributed by atoms with Crippen LogP contribution in [0, 0.1) is 0 Å². The number of ether oxygens (including phenoxy) is 8. The molecule has 0 heterocycles. The standard InChI is InChI=1S/2C32H28O8.2CH2Cl2/c2*1-5-37-29(33)21-13-9-17-19-11-15-23(31(35)39-7-3)28-24(32(36)40-8-4)16-12-20(26(19)28)18-10-14-22(27(21)25(17)18)30(34)38-6-2;2*2-1-3/h2*9-16H,5-8H2,1-4H3;2*1H2. The van der Waals surface area contributed by atoms with Gasteiger partial charge in [0.1, 0.15) is 0 Å². The second kappa shape index (κ2) is 29.7. The molecule has 20 heteroatoms. The van der Waals surface area contributed by atoms with Crippen LogP contribution in [0.5, 0.6) is 0 Å². The summed E-state index contributed by atoms with van der Waals surface area (Å²) in [5.41, 5.74) is 1.97. The SMILES string of the molecule is CCOC(=O)c1ccc2c3ccc(C(=O)OCC)c4c(C(=O)OCC)ccc(c5ccc(C(=O)OCC)c1c25)c43.CCOC(=O)c1ccc2c3ccc(C(=O)OCC)c4c(C(=O)OCC)ccc(c5ccc(C(=O)OCC)c1c25)c43.ClCCl.ClCCl. The lowest BCUT2D eigenvalue weighted by atomic mass is 9.84. The summed E-state index contributed by atoms with van der Waals surface area (Å²) in [4.78, 5) is 104. The number of esters is 8. The van der Waals surface area contributed by atoms with Crippen LogP contribution in [-0.4, -0.2) is 111 Å². The zero-order chi connectivity index (χ0) is 62.5. The molecule has 16 nitrogen and oxygen atoms in total. The van der Waals surface area contributed by atoms with E-state index in [2.05, 4.69) is 0 Å². The molecule has 0 aromatic heterocycles. The highest BCUT2D eigenvalue weighted by molar-refractivity contribution is 6.42. The van der Waals surface area contributed by atoms with Crippen molar-refractivity contribution in [3.05, 3.63) is 142 Å². The Kier molecular flexibility index (Phi) is 22.5. The molecule has 0 fully saturated rings. The van der Waals surface area contributed by atoms with Crippen LogP contribution in [0.1, 0.15) is 138 Å². The summed E-state index contributed by atoms with van der Waals surface area (Å²) in [7, 11) is 0. The number of hydrogen-bond donors (Lipinski definition) is 0. The van der Waals surface area contributed by atoms with Crippen molar-refractivity contribution in [2.45, 2.75) is 55.4 Å². The topological polar surface area (TPSA) is 210 Å². The van der Waals surface area contributed by atoms with Crippen molar-refractivity contribution in [2.24, 2.45) is 0 Å². The highest BCUT2D eigenvalue weighted by Crippen LogP contribution is 2.47. The van der Waals surface area contributed by atoms with E-state index in [9.17, 15) is 38.4 Å². The third-order valence-electron chi connectivity index (χ3n) is 13.8. The number of carbonyl (C=O) groups is 8. The Hall–Kier alpha value is -8.28. The maximum Gasteiger partial charge on any atom is 0.338 e. The molecular weight excluding hydrogens is 1190 g/mol. The molecule has 10 rings (SSSR count). The highest BCUT2D eigenvalue weighted by atomic mass is 35.5. The fraction of sp³-hybridized carbons (Fsp3) is 0.273. The maximum absolute atomic E-state index is 13.0. The van der Waals surface area contributed by atoms with Gasteiger partial charge in [-0.15, -0.1) is 46.4 Å². The molecule has 0 saturated heterocycles. The van der Waals surface area contributed by atoms with E-state index in [1.54, 1.807) is 152 Å². The molecule has 0 bridgehead atoms. The molecule has 448 valence electrons. The first-order valence-electron chi connectivity index (χ1n) is 27.6. The van der Waals surface area contributed by atoms with E-state index in [0.717, 1.165) is 43.1 Å². The molecule has 10 aromatic carbocycles. The third-order valence-corrected chi connectivity index (χ3v) is 13.8. The summed E-state index contributed by atoms with van der Waals surface area (Å²) in [5.74, 6) is -4.42. The molecule has 0 spiro atoms. The fourth-order valence-electron chi connectivity index (χ4n) is 10.8. The summed E-state index contributed by atoms with van der Waals surface area (Å²) in [6, 6.07) is 27.4. The third kappa shape index (κ3) is 12.5. The normalized spacial score (nSPS) is 10.9. The van der Waals surface area contributed by atoms with Gasteiger partial charge in [0.25, 0.3) is 0 Å². The van der Waals surface area contributed by atoms with Crippen LogP contribution in [0.2, 0.25) is 0 Å². The van der Waals surface area contributed by atoms with Crippen molar-refractivity contribution in [1.82, 2.24) is 0 Å². The number of fused-ring (bicyclic) bond motifs is 4. The molecule has 0 aliphatic heterocycles. The second-order valence-electron chi connectivity index (χ2n) is 18.3. The Morgan fingerprint density at radius 1 is 0.221 bits per heavy atom. The van der Waals surface area contributed by atoms with Gasteiger partial charge in [-0.1, -0.05) is 48.5 Å². The van der Waals surface area contributed by atoms with Crippen molar-refractivity contribution >= 4 is 180 Å². The fourth-order valence-corrected chi connectivity index (χ4v) is 10.8. The molecule has 0 aliphatic carbocycles. The van der Waals surface area contributed by atoms with Gasteiger partial charge in [0.2, 0.25) is 0 Å². The number of halogens is 4. The minimum Gasteiger partial charge on any atom is -0.462 e. The van der Waals surface area contributed by atoms with Gasteiger partial charge in [-0.25, -0.2) is 38.4 Å². The molecule has 86 heavy (non-hydrogen) atoms. The summed E-state index contributed by atoms with van der Waals surface area (Å²) in [6.45, 7) is 15.1. The van der Waals surface area contributed by atoms with Crippen molar-refractivity contribution in [3.63, 3.8) is 0 Å². The van der Waals surface area contributed by atoms with Crippen LogP contribution < -0.4 is 0 Å². The first-order valence-corrected chi connectivity index (χ1v) is 29.7. The van der Waals surface area contributed by atoms with Crippen molar-refractivity contribution in [3.8, 4) is 0 Å². The predicted octanol–water partition coefficient (Wildman–Crippen LogP) is 15.7. The molecule has 0 saturated carbocycles. The van der Waals surface area contributed by atoms with Crippen LogP contribution in [0.3, 0.4) is 0 Å². The van der Waals surface area contributed by atoms with Crippen LogP contribution >= 0.6 is 46.4 Å². The van der Waals surface area contributed by atoms with E-state index >= 15 is 0 Å². The Morgan fingerprint density at radius 2 is 0.326 bits per heavy atom. The molecule has 0 N–H and O–H groups in total. The summed E-state index contributed by atoms with van der Waals surface area (Å²) < 4.78 is 42.6. The maximum atomic E-state index is 13.0. The number of hydrogen-bond acceptors (Lipinski definition) is 16. The second-order valence-corrected chi connectivity index (χ2v) is 19.9. The van der Waals surface area contributed by atoms with Crippen LogP contribution in [-0.2, 0) is 37.9 Å². The van der Waals surface area contributed by atoms with Crippen molar-refractivity contribution in [1.29, 1.82) is 0 Å². The van der Waals surface area contributed by atoms with Crippen LogP contribution in [0.4, 0.5) is 0 Å². The largest absolute Gasteiger partial charge is 0.462 e. The highest BCUT2D eigenvalue weighted by Gasteiger charge is 2.30. The van der Waals surface area contributed by atoms with Crippen LogP contribution in [0.15, 0.2) is 97.1 Å². The average molecular weight is 1250 g/mol. The number of benzene rings is 10. The Bertz CT molecular complexity index is 3450. The number of alkyl halides is 4. The van der Waals surface area contributed by atoms with E-state index in [1.807, 2.05) is 0 Å². The van der Waals surface area contributed by atoms with Gasteiger partial charge in [-0.05, 0) is 169 Å². The van der Waals surface area contributed by atoms with Gasteiger partial charge in [-0.2, -0.15) is 0 Å². The molecule has 10 aromatic rings. The van der Waals surface area contributed by atoms with Gasteiger partial charge in [0.05, 0.1) is 108 Å². The zero-order valence-electron chi connectivity index (χ0n) is 48.4. The van der Waals surface area contributed by atoms with E-state index in [4.69, 9.17) is 84.3 Å². The average Bonchev–Trinajstić information content (AvgIpc) is 0.749. The molecule has 0 amide bonds. The van der Waals surface area contributed by atoms with Gasteiger partial charge in [0, 0.05) is 21.5 Å². The Labute approximate surface area is 514 Å². The van der Waals surface area contributed by atoms with E-state index in [-0.39, 0.29) is 108 Å². The van der Waals surface area contributed by atoms with Crippen molar-refractivity contribution < 1.29 is 76.3 Å². The molecule has 0 aliphatic rings. The Balaban J connectivity index is 0.000000226. The van der Waals surface area contributed by atoms with Crippen molar-refractivity contribution in [2.75, 3.05) is 63.5 Å². The van der Waals surface area contributed by atoms with E-state index < -0.39 is 47.8 Å². The van der Waals surface area contributed by atoms with Gasteiger partial charge < -0.3 is 37.9 Å². The number of carbonyl (C=O) groups excluding carboxylic acids is 8. The van der Waals surface area contributed by atoms with E-state index in [1.165, 1.54) is 0 Å². The monoisotopic (exact) mass is 1250 g/mol. The summed E-state index contributed by atoms with van der Waals surface area (Å²) >= 11 is 19.1. The molecule has 0 atom stereocenters. The minimum absolute atomic E-state index is 0.173. The minimum atomic E-state index is -0.553. The molecule has 0 unspecified atom stereocenters. The van der Waals surface area contributed by atoms with Gasteiger partial charge in [-0.3, -0.25) is 0 Å². The van der Waals surface area contributed by atoms with Crippen LogP contribution in [0.25, 0.3) is 86.2 Å². The first kappa shape index (κ1) is 65.3. The zero-order valence-corrected chi connectivity index (χ0v) is 51.4. The summed E-state index contributed by atoms with van der Waals surface area (Å²) in [6.07, 6.45) is 0. The first-order chi connectivity index (χ1) is 41.6. The molecule has 0 radical (unpaired) electrons. The van der Waals surface area contributed by atoms with Gasteiger partial charge in [0.15, 0.2) is 0 Å². The van der Waals surface area contributed by atoms with E-state index in [0.29, 0.717) is 43.1 Å². The molecular formula is C66H60Cl4O16. The quantitative estimate of drug-likeness (QED) is 0.0289. The summed E-state index contributed by atoms with van der Waals surface area (Å²) in [5, 5.41) is 10.7. The predicted molar refractivity (Wildman–Crippen MR) is 336 cm³/mol. The lowest BCUT2D eigenvalue weighted by Crippen LogP contribution is -2.12.